The first-order chi connectivity index (χ1) is 9.65. The fourth-order valence-corrected chi connectivity index (χ4v) is 1.79. The Morgan fingerprint density at radius 2 is 2.00 bits per heavy atom. The highest BCUT2D eigenvalue weighted by Gasteiger charge is 2.11. The van der Waals surface area contributed by atoms with Gasteiger partial charge in [0.2, 0.25) is 0 Å². The van der Waals surface area contributed by atoms with Gasteiger partial charge in [0.05, 0.1) is 11.1 Å². The van der Waals surface area contributed by atoms with Crippen LogP contribution in [-0.2, 0) is 0 Å². The lowest BCUT2D eigenvalue weighted by molar-refractivity contribution is 0.102. The second kappa shape index (κ2) is 5.85. The van der Waals surface area contributed by atoms with Crippen molar-refractivity contribution < 1.29 is 9.18 Å². The van der Waals surface area contributed by atoms with E-state index in [-0.39, 0.29) is 11.5 Å². The summed E-state index contributed by atoms with van der Waals surface area (Å²) in [5.74, 6) is -0.938. The van der Waals surface area contributed by atoms with Crippen molar-refractivity contribution in [2.24, 2.45) is 0 Å². The van der Waals surface area contributed by atoms with Crippen LogP contribution in [0.1, 0.15) is 15.9 Å². The number of hydrogen-bond acceptors (Lipinski definition) is 3. The van der Waals surface area contributed by atoms with E-state index in [2.05, 4.69) is 10.6 Å². The molecule has 0 saturated heterocycles. The molecule has 2 aromatic rings. The van der Waals surface area contributed by atoms with Gasteiger partial charge in [0.1, 0.15) is 11.9 Å². The van der Waals surface area contributed by atoms with Crippen LogP contribution >= 0.6 is 0 Å². The molecule has 2 rings (SSSR count). The maximum Gasteiger partial charge on any atom is 0.257 e. The maximum atomic E-state index is 13.2. The monoisotopic (exact) mass is 269 g/mol. The minimum Gasteiger partial charge on any atom is -0.387 e. The second-order valence-corrected chi connectivity index (χ2v) is 4.06. The Hall–Kier alpha value is -2.87. The summed E-state index contributed by atoms with van der Waals surface area (Å²) in [5.41, 5.74) is 1.43. The minimum atomic E-state index is -0.610. The van der Waals surface area contributed by atoms with Crippen molar-refractivity contribution in [2.45, 2.75) is 0 Å². The van der Waals surface area contributed by atoms with Gasteiger partial charge in [-0.1, -0.05) is 12.1 Å². The van der Waals surface area contributed by atoms with Crippen molar-refractivity contribution in [1.29, 1.82) is 5.26 Å². The number of hydrogen-bond donors (Lipinski definition) is 2. The number of carbonyl (C=O) groups is 1. The topological polar surface area (TPSA) is 64.9 Å². The van der Waals surface area contributed by atoms with Gasteiger partial charge in [0, 0.05) is 18.4 Å². The molecule has 100 valence electrons. The first kappa shape index (κ1) is 13.6. The molecule has 0 aromatic heterocycles. The molecule has 0 unspecified atom stereocenters. The summed E-state index contributed by atoms with van der Waals surface area (Å²) in [6, 6.07) is 12.6. The van der Waals surface area contributed by atoms with Gasteiger partial charge in [-0.05, 0) is 30.3 Å². The molecule has 0 atom stereocenters. The van der Waals surface area contributed by atoms with Crippen LogP contribution in [0, 0.1) is 17.1 Å². The van der Waals surface area contributed by atoms with Gasteiger partial charge in [0.15, 0.2) is 0 Å². The van der Waals surface area contributed by atoms with Gasteiger partial charge in [-0.25, -0.2) is 4.39 Å². The van der Waals surface area contributed by atoms with Gasteiger partial charge in [-0.15, -0.1) is 0 Å². The molecule has 0 spiro atoms. The fraction of sp³-hybridized carbons (Fsp3) is 0.0667. The van der Waals surface area contributed by atoms with Crippen LogP contribution in [0.2, 0.25) is 0 Å². The number of anilines is 2. The molecule has 0 aliphatic heterocycles. The standard InChI is InChI=1S/C15H12FN3O/c1-18-14-5-3-2-4-12(14)15(20)19-11-6-7-13(16)10(8-11)9-17/h2-8,18H,1H3,(H,19,20). The van der Waals surface area contributed by atoms with Gasteiger partial charge < -0.3 is 10.6 Å². The Morgan fingerprint density at radius 1 is 1.25 bits per heavy atom. The smallest absolute Gasteiger partial charge is 0.257 e. The Balaban J connectivity index is 2.26. The Bertz CT molecular complexity index is 692. The third-order valence-corrected chi connectivity index (χ3v) is 2.79. The van der Waals surface area contributed by atoms with Crippen LogP contribution in [0.5, 0.6) is 0 Å². The average Bonchev–Trinajstić information content (AvgIpc) is 2.49. The van der Waals surface area contributed by atoms with Gasteiger partial charge in [-0.3, -0.25) is 4.79 Å². The van der Waals surface area contributed by atoms with Gasteiger partial charge >= 0.3 is 0 Å². The molecule has 5 heteroatoms. The van der Waals surface area contributed by atoms with Gasteiger partial charge in [-0.2, -0.15) is 5.26 Å². The predicted molar refractivity (Wildman–Crippen MR) is 75.1 cm³/mol. The molecule has 2 N–H and O–H groups in total. The number of rotatable bonds is 3. The summed E-state index contributed by atoms with van der Waals surface area (Å²) in [4.78, 5) is 12.2. The molecule has 0 heterocycles. The van der Waals surface area contributed by atoms with Crippen molar-refractivity contribution in [3.8, 4) is 6.07 Å². The summed E-state index contributed by atoms with van der Waals surface area (Å²) in [6.45, 7) is 0. The Labute approximate surface area is 115 Å². The van der Waals surface area contributed by atoms with E-state index in [0.29, 0.717) is 16.9 Å². The molecule has 0 fully saturated rings. The lowest BCUT2D eigenvalue weighted by Crippen LogP contribution is -2.14. The highest BCUT2D eigenvalue weighted by atomic mass is 19.1. The number of nitrogens with one attached hydrogen (secondary N) is 2. The molecule has 0 saturated carbocycles. The van der Waals surface area contributed by atoms with Crippen LogP contribution in [0.25, 0.3) is 0 Å². The van der Waals surface area contributed by atoms with Crippen LogP contribution in [0.15, 0.2) is 42.5 Å². The zero-order valence-electron chi connectivity index (χ0n) is 10.8. The fourth-order valence-electron chi connectivity index (χ4n) is 1.79. The molecule has 0 bridgehead atoms. The second-order valence-electron chi connectivity index (χ2n) is 4.06. The number of halogens is 1. The summed E-state index contributed by atoms with van der Waals surface area (Å²) in [6.07, 6.45) is 0. The molecule has 2 aromatic carbocycles. The number of nitriles is 1. The van der Waals surface area contributed by atoms with Crippen molar-refractivity contribution in [2.75, 3.05) is 17.7 Å². The molecule has 4 nitrogen and oxygen atoms in total. The van der Waals surface area contributed by atoms with E-state index in [9.17, 15) is 9.18 Å². The van der Waals surface area contributed by atoms with Crippen LogP contribution in [0.3, 0.4) is 0 Å². The third-order valence-electron chi connectivity index (χ3n) is 2.79. The summed E-state index contributed by atoms with van der Waals surface area (Å²) < 4.78 is 13.2. The molecule has 0 aliphatic carbocycles. The van der Waals surface area contributed by atoms with Crippen LogP contribution in [0.4, 0.5) is 15.8 Å². The highest BCUT2D eigenvalue weighted by Crippen LogP contribution is 2.18. The van der Waals surface area contributed by atoms with Crippen molar-refractivity contribution in [1.82, 2.24) is 0 Å². The van der Waals surface area contributed by atoms with E-state index in [1.165, 1.54) is 12.1 Å². The highest BCUT2D eigenvalue weighted by molar-refractivity contribution is 6.08. The SMILES string of the molecule is CNc1ccccc1C(=O)Nc1ccc(F)c(C#N)c1. The molecule has 0 radical (unpaired) electrons. The zero-order chi connectivity index (χ0) is 14.5. The van der Waals surface area contributed by atoms with E-state index < -0.39 is 5.82 Å². The maximum absolute atomic E-state index is 13.2. The van der Waals surface area contributed by atoms with E-state index >= 15 is 0 Å². The summed E-state index contributed by atoms with van der Waals surface area (Å²) >= 11 is 0. The molecule has 1 amide bonds. The lowest BCUT2D eigenvalue weighted by Gasteiger charge is -2.10. The third kappa shape index (κ3) is 2.75. The molecular formula is C15H12FN3O. The number of carbonyl (C=O) groups excluding carboxylic acids is 1. The predicted octanol–water partition coefficient (Wildman–Crippen LogP) is 2.99. The lowest BCUT2D eigenvalue weighted by atomic mass is 10.1. The van der Waals surface area contributed by atoms with E-state index in [1.807, 2.05) is 6.07 Å². The van der Waals surface area contributed by atoms with Crippen LogP contribution in [-0.4, -0.2) is 13.0 Å². The first-order valence-electron chi connectivity index (χ1n) is 5.93. The largest absolute Gasteiger partial charge is 0.387 e. The Kier molecular flexibility index (Phi) is 3.96. The van der Waals surface area contributed by atoms with Crippen molar-refractivity contribution >= 4 is 17.3 Å². The Morgan fingerprint density at radius 3 is 2.70 bits per heavy atom. The number of benzene rings is 2. The zero-order valence-corrected chi connectivity index (χ0v) is 10.8. The quantitative estimate of drug-likeness (QED) is 0.900. The molecule has 20 heavy (non-hydrogen) atoms. The van der Waals surface area contributed by atoms with Crippen molar-refractivity contribution in [3.05, 3.63) is 59.4 Å². The minimum absolute atomic E-state index is 0.107. The molecular weight excluding hydrogens is 257 g/mol. The summed E-state index contributed by atoms with van der Waals surface area (Å²) in [7, 11) is 1.72. The number of para-hydroxylation sites is 1. The average molecular weight is 269 g/mol. The van der Waals surface area contributed by atoms with Gasteiger partial charge in [0.25, 0.3) is 5.91 Å². The van der Waals surface area contributed by atoms with E-state index in [1.54, 1.807) is 31.3 Å². The number of nitrogens with zero attached hydrogens (tertiary/aromatic N) is 1. The molecule has 0 aliphatic rings. The first-order valence-corrected chi connectivity index (χ1v) is 5.93. The van der Waals surface area contributed by atoms with Crippen molar-refractivity contribution in [3.63, 3.8) is 0 Å². The van der Waals surface area contributed by atoms with E-state index in [0.717, 1.165) is 6.07 Å². The van der Waals surface area contributed by atoms with E-state index in [4.69, 9.17) is 5.26 Å². The van der Waals surface area contributed by atoms with Crippen LogP contribution < -0.4 is 10.6 Å². The number of amides is 1. The normalized spacial score (nSPS) is 9.65. The summed E-state index contributed by atoms with van der Waals surface area (Å²) in [5, 5.41) is 14.3.